The normalized spacial score (nSPS) is 43.6. The first kappa shape index (κ1) is 7.66. The van der Waals surface area contributed by atoms with Crippen LogP contribution in [0.4, 0.5) is 0 Å². The molecule has 15 heavy (non-hydrogen) atoms. The van der Waals surface area contributed by atoms with Gasteiger partial charge in [0, 0.05) is 5.92 Å². The van der Waals surface area contributed by atoms with Gasteiger partial charge in [-0.3, -0.25) is 4.79 Å². The molecule has 4 rings (SSSR count). The predicted molar refractivity (Wildman–Crippen MR) is 55.1 cm³/mol. The summed E-state index contributed by atoms with van der Waals surface area (Å²) >= 11 is 0. The zero-order chi connectivity index (χ0) is 9.99. The summed E-state index contributed by atoms with van der Waals surface area (Å²) in [6, 6.07) is 0. The molecule has 1 fully saturated rings. The number of rotatable bonds is 1. The summed E-state index contributed by atoms with van der Waals surface area (Å²) in [5, 5.41) is 0. The lowest BCUT2D eigenvalue weighted by Crippen LogP contribution is -2.27. The van der Waals surface area contributed by atoms with E-state index in [1.165, 1.54) is 6.40 Å². The molecule has 0 N–H and O–H groups in total. The molecule has 1 saturated carbocycles. The van der Waals surface area contributed by atoms with E-state index in [1.54, 1.807) is 0 Å². The Labute approximate surface area is 86.9 Å². The monoisotopic (exact) mass is 200 g/mol. The molecule has 0 amide bonds. The van der Waals surface area contributed by atoms with E-state index in [-0.39, 0.29) is 11.7 Å². The van der Waals surface area contributed by atoms with E-state index >= 15 is 0 Å². The Hall–Kier alpha value is -1.60. The van der Waals surface area contributed by atoms with Gasteiger partial charge in [0.2, 0.25) is 0 Å². The molecular weight excluding hydrogens is 190 g/mol. The second-order valence-electron chi connectivity index (χ2n) is 4.65. The minimum Gasteiger partial charge on any atom is -0.327 e. The topological polar surface area (TPSA) is 40.4 Å². The third-order valence-corrected chi connectivity index (χ3v) is 4.01. The van der Waals surface area contributed by atoms with Crippen molar-refractivity contribution in [1.29, 1.82) is 0 Å². The van der Waals surface area contributed by atoms with Crippen molar-refractivity contribution in [2.45, 2.75) is 6.42 Å². The van der Waals surface area contributed by atoms with Crippen LogP contribution in [0, 0.1) is 23.7 Å². The van der Waals surface area contributed by atoms with E-state index < -0.39 is 0 Å². The fraction of sp³-hybridized carbons (Fsp3) is 0.417. The number of fused-ring (bicyclic) bond motifs is 5. The average Bonchev–Trinajstić information content (AvgIpc) is 2.77. The summed E-state index contributed by atoms with van der Waals surface area (Å²) in [4.78, 5) is 12.1. The fourth-order valence-corrected chi connectivity index (χ4v) is 3.33. The fourth-order valence-electron chi connectivity index (χ4n) is 3.33. The van der Waals surface area contributed by atoms with Gasteiger partial charge in [-0.15, -0.1) is 0 Å². The minimum atomic E-state index is 0.182. The van der Waals surface area contributed by atoms with Gasteiger partial charge in [-0.1, -0.05) is 18.2 Å². The van der Waals surface area contributed by atoms with Crippen molar-refractivity contribution in [2.24, 2.45) is 23.7 Å². The molecule has 4 atom stereocenters. The first-order chi connectivity index (χ1) is 7.34. The van der Waals surface area contributed by atoms with Crippen LogP contribution in [-0.2, 0) is 9.53 Å². The van der Waals surface area contributed by atoms with Gasteiger partial charge in [0.1, 0.15) is 5.57 Å². The zero-order valence-corrected chi connectivity index (χ0v) is 8.09. The Morgan fingerprint density at radius 3 is 2.80 bits per heavy atom. The van der Waals surface area contributed by atoms with E-state index in [0.717, 1.165) is 6.42 Å². The highest BCUT2D eigenvalue weighted by atomic mass is 16.5. The molecule has 1 aliphatic heterocycles. The average molecular weight is 200 g/mol. The summed E-state index contributed by atoms with van der Waals surface area (Å²) in [6.45, 7) is 0. The van der Waals surface area contributed by atoms with Gasteiger partial charge in [0.05, 0.1) is 0 Å². The molecule has 0 aromatic rings. The number of allylic oxidation sites excluding steroid dienone is 3. The van der Waals surface area contributed by atoms with E-state index in [0.29, 0.717) is 29.2 Å². The van der Waals surface area contributed by atoms with Crippen LogP contribution >= 0.6 is 0 Å². The molecule has 1 heterocycles. The van der Waals surface area contributed by atoms with Crippen LogP contribution in [0.2, 0.25) is 0 Å². The molecule has 0 aromatic carbocycles. The van der Waals surface area contributed by atoms with E-state index in [2.05, 4.69) is 22.9 Å². The lowest BCUT2D eigenvalue weighted by molar-refractivity contribution is -0.119. The molecule has 2 bridgehead atoms. The number of ketones is 1. The third-order valence-electron chi connectivity index (χ3n) is 4.01. The van der Waals surface area contributed by atoms with Gasteiger partial charge >= 0.3 is 12.3 Å². The highest BCUT2D eigenvalue weighted by Crippen LogP contribution is 2.52. The van der Waals surface area contributed by atoms with E-state index in [1.807, 2.05) is 0 Å². The molecule has 4 aliphatic rings. The Kier molecular flexibility index (Phi) is 1.18. The van der Waals surface area contributed by atoms with Crippen LogP contribution in [0.25, 0.3) is 0 Å². The smallest absolute Gasteiger partial charge is 0.327 e. The summed E-state index contributed by atoms with van der Waals surface area (Å²) in [7, 11) is 0. The highest BCUT2D eigenvalue weighted by Gasteiger charge is 2.54. The second-order valence-corrected chi connectivity index (χ2v) is 4.65. The zero-order valence-electron chi connectivity index (χ0n) is 8.09. The van der Waals surface area contributed by atoms with Crippen molar-refractivity contribution in [3.63, 3.8) is 0 Å². The van der Waals surface area contributed by atoms with Gasteiger partial charge in [0.15, 0.2) is 5.78 Å². The molecule has 3 nitrogen and oxygen atoms in total. The lowest BCUT2D eigenvalue weighted by Gasteiger charge is -2.17. The summed E-state index contributed by atoms with van der Waals surface area (Å²) in [5.41, 5.74) is 0.714. The molecule has 2 unspecified atom stereocenters. The van der Waals surface area contributed by atoms with Crippen LogP contribution in [-0.4, -0.2) is 18.1 Å². The first-order valence-electron chi connectivity index (χ1n) is 5.35. The molecular formula is C12H10NO2+. The number of hydrogen-bond donors (Lipinski definition) is 0. The Morgan fingerprint density at radius 1 is 1.33 bits per heavy atom. The van der Waals surface area contributed by atoms with Crippen LogP contribution in [0.5, 0.6) is 0 Å². The molecule has 0 spiro atoms. The van der Waals surface area contributed by atoms with Crippen LogP contribution in [0.15, 0.2) is 23.8 Å². The van der Waals surface area contributed by atoms with Crippen LogP contribution in [0.3, 0.4) is 0 Å². The van der Waals surface area contributed by atoms with Crippen molar-refractivity contribution in [2.75, 3.05) is 0 Å². The van der Waals surface area contributed by atoms with Crippen molar-refractivity contribution in [1.82, 2.24) is 4.67 Å². The van der Waals surface area contributed by atoms with Crippen molar-refractivity contribution < 1.29 is 9.53 Å². The maximum absolute atomic E-state index is 12.1. The Balaban J connectivity index is 1.79. The molecule has 74 valence electrons. The van der Waals surface area contributed by atoms with Gasteiger partial charge < -0.3 is 4.74 Å². The van der Waals surface area contributed by atoms with Crippen molar-refractivity contribution in [3.05, 3.63) is 23.8 Å². The van der Waals surface area contributed by atoms with Crippen molar-refractivity contribution >= 4 is 18.1 Å². The number of hydrogen-bond acceptors (Lipinski definition) is 2. The molecule has 0 saturated heterocycles. The maximum Gasteiger partial charge on any atom is 0.512 e. The standard InChI is InChI=1S/C12H10NO2/c14-11-9(12-13-5-15-12)4-8-6-1-2-7(3-6)10(8)11/h1-2,4-8,10H,3H2/q+1/t6?,7?,8-,10+/m1/s1. The summed E-state index contributed by atoms with van der Waals surface area (Å²) < 4.78 is 9.02. The Bertz CT molecular complexity index is 494. The van der Waals surface area contributed by atoms with Gasteiger partial charge in [-0.05, 0) is 28.8 Å². The molecule has 3 aliphatic carbocycles. The van der Waals surface area contributed by atoms with Crippen LogP contribution < -0.4 is 4.67 Å². The number of nitrogens with zero attached hydrogens (tertiary/aromatic N) is 1. The molecule has 3 heteroatoms. The summed E-state index contributed by atoms with van der Waals surface area (Å²) in [6.07, 6.45) is 9.08. The lowest BCUT2D eigenvalue weighted by atomic mass is 9.85. The maximum atomic E-state index is 12.1. The second kappa shape index (κ2) is 2.31. The van der Waals surface area contributed by atoms with E-state index in [4.69, 9.17) is 4.74 Å². The number of carbonyl (C=O) groups excluding carboxylic acids is 1. The number of carbonyl (C=O) groups is 1. The van der Waals surface area contributed by atoms with Gasteiger partial charge in [0.25, 0.3) is 0 Å². The highest BCUT2D eigenvalue weighted by molar-refractivity contribution is 6.24. The number of Topliss-reactive ketones (excluding diaryl/α,β-unsaturated/α-hetero) is 1. The van der Waals surface area contributed by atoms with Gasteiger partial charge in [-0.2, -0.15) is 0 Å². The molecule has 0 aromatic heterocycles. The predicted octanol–water partition coefficient (Wildman–Crippen LogP) is 0.458. The van der Waals surface area contributed by atoms with E-state index in [9.17, 15) is 4.79 Å². The first-order valence-corrected chi connectivity index (χ1v) is 5.35. The third kappa shape index (κ3) is 0.783. The summed E-state index contributed by atoms with van der Waals surface area (Å²) in [5.74, 6) is 2.39. The number of ether oxygens (including phenoxy) is 1. The molecule has 0 radical (unpaired) electrons. The Morgan fingerprint density at radius 2 is 2.13 bits per heavy atom. The van der Waals surface area contributed by atoms with Crippen molar-refractivity contribution in [3.8, 4) is 0 Å². The van der Waals surface area contributed by atoms with Gasteiger partial charge in [-0.25, -0.2) is 0 Å². The van der Waals surface area contributed by atoms with Crippen LogP contribution in [0.1, 0.15) is 6.42 Å². The minimum absolute atomic E-state index is 0.182. The SMILES string of the molecule is O=C1C(C2=[N+]=CO2)=C[C@@H]2C3C=CC(C3)[C@H]12. The largest absolute Gasteiger partial charge is 0.512 e. The quantitative estimate of drug-likeness (QED) is 0.455.